The number of carbonyl (C=O) groups excluding carboxylic acids is 2. The second-order valence-electron chi connectivity index (χ2n) is 6.96. The summed E-state index contributed by atoms with van der Waals surface area (Å²) in [6.07, 6.45) is 0. The van der Waals surface area contributed by atoms with Crippen LogP contribution in [0.1, 0.15) is 28.4 Å². The third kappa shape index (κ3) is 3.59. The Hall–Kier alpha value is -3.81. The molecule has 0 unspecified atom stereocenters. The summed E-state index contributed by atoms with van der Waals surface area (Å²) in [4.78, 5) is 36.1. The standard InChI is InChI=1S/C22H19NO7/c1-11-6-21(26)30-22-12(2)17(5-4-14(11)22)27-9-20(25)23-16-8-19-18(28-10-29-19)7-15(16)13(3)24/h4-8H,9-10H2,1-3H3,(H,23,25). The quantitative estimate of drug-likeness (QED) is 0.509. The van der Waals surface area contributed by atoms with Crippen molar-refractivity contribution in [2.24, 2.45) is 0 Å². The van der Waals surface area contributed by atoms with E-state index in [0.29, 0.717) is 39.6 Å². The molecule has 0 atom stereocenters. The molecule has 0 spiro atoms. The molecule has 154 valence electrons. The predicted octanol–water partition coefficient (Wildman–Crippen LogP) is 3.36. The second-order valence-corrected chi connectivity index (χ2v) is 6.96. The molecule has 3 aromatic rings. The number of hydrogen-bond donors (Lipinski definition) is 1. The van der Waals surface area contributed by atoms with Crippen LogP contribution in [-0.2, 0) is 4.79 Å². The van der Waals surface area contributed by atoms with Crippen LogP contribution in [0.2, 0.25) is 0 Å². The first-order chi connectivity index (χ1) is 14.3. The molecule has 0 aliphatic carbocycles. The summed E-state index contributed by atoms with van der Waals surface area (Å²) in [6, 6.07) is 8.02. The Bertz CT molecular complexity index is 1240. The number of anilines is 1. The van der Waals surface area contributed by atoms with Crippen LogP contribution in [-0.4, -0.2) is 25.1 Å². The average molecular weight is 409 g/mol. The van der Waals surface area contributed by atoms with Gasteiger partial charge in [0.1, 0.15) is 11.3 Å². The first-order valence-electron chi connectivity index (χ1n) is 9.25. The van der Waals surface area contributed by atoms with Gasteiger partial charge in [-0.15, -0.1) is 0 Å². The number of carbonyl (C=O) groups is 2. The fourth-order valence-electron chi connectivity index (χ4n) is 3.32. The van der Waals surface area contributed by atoms with Gasteiger partial charge >= 0.3 is 5.63 Å². The van der Waals surface area contributed by atoms with Gasteiger partial charge < -0.3 is 23.9 Å². The van der Waals surface area contributed by atoms with Crippen LogP contribution in [0.5, 0.6) is 17.2 Å². The molecule has 2 aromatic carbocycles. The van der Waals surface area contributed by atoms with Gasteiger partial charge in [0.05, 0.1) is 5.69 Å². The Balaban J connectivity index is 1.53. The number of ketones is 1. The average Bonchev–Trinajstić information content (AvgIpc) is 3.14. The van der Waals surface area contributed by atoms with Crippen LogP contribution in [0.15, 0.2) is 39.5 Å². The lowest BCUT2D eigenvalue weighted by molar-refractivity contribution is -0.118. The number of nitrogens with one attached hydrogen (secondary N) is 1. The fraction of sp³-hybridized carbons (Fsp3) is 0.227. The fourth-order valence-corrected chi connectivity index (χ4v) is 3.32. The Morgan fingerprint density at radius 2 is 1.83 bits per heavy atom. The molecule has 8 heteroatoms. The summed E-state index contributed by atoms with van der Waals surface area (Å²) in [7, 11) is 0. The Morgan fingerprint density at radius 3 is 2.57 bits per heavy atom. The molecule has 1 amide bonds. The van der Waals surface area contributed by atoms with E-state index in [1.54, 1.807) is 31.2 Å². The van der Waals surface area contributed by atoms with E-state index in [0.717, 1.165) is 10.9 Å². The minimum atomic E-state index is -0.457. The van der Waals surface area contributed by atoms with Gasteiger partial charge in [-0.2, -0.15) is 0 Å². The summed E-state index contributed by atoms with van der Waals surface area (Å²) >= 11 is 0. The van der Waals surface area contributed by atoms with Gasteiger partial charge in [0.15, 0.2) is 23.9 Å². The van der Waals surface area contributed by atoms with E-state index in [-0.39, 0.29) is 19.2 Å². The van der Waals surface area contributed by atoms with Crippen molar-refractivity contribution in [3.05, 3.63) is 57.4 Å². The minimum absolute atomic E-state index is 0.0596. The summed E-state index contributed by atoms with van der Waals surface area (Å²) in [6.45, 7) is 4.74. The van der Waals surface area contributed by atoms with Crippen LogP contribution in [0.25, 0.3) is 11.0 Å². The van der Waals surface area contributed by atoms with Crippen LogP contribution in [0.3, 0.4) is 0 Å². The summed E-state index contributed by atoms with van der Waals surface area (Å²) in [5.74, 6) is 0.649. The van der Waals surface area contributed by atoms with Crippen LogP contribution >= 0.6 is 0 Å². The van der Waals surface area contributed by atoms with Crippen molar-refractivity contribution in [2.45, 2.75) is 20.8 Å². The lowest BCUT2D eigenvalue weighted by atomic mass is 10.1. The molecule has 8 nitrogen and oxygen atoms in total. The monoisotopic (exact) mass is 409 g/mol. The van der Waals surface area contributed by atoms with Gasteiger partial charge in [-0.05, 0) is 44.5 Å². The third-order valence-corrected chi connectivity index (χ3v) is 4.84. The number of aryl methyl sites for hydroxylation is 2. The lowest BCUT2D eigenvalue weighted by Crippen LogP contribution is -2.21. The number of ether oxygens (including phenoxy) is 3. The Morgan fingerprint density at radius 1 is 1.10 bits per heavy atom. The van der Waals surface area contributed by atoms with Crippen molar-refractivity contribution >= 4 is 28.3 Å². The van der Waals surface area contributed by atoms with Gasteiger partial charge in [0.2, 0.25) is 6.79 Å². The number of hydrogen-bond acceptors (Lipinski definition) is 7. The molecule has 1 aromatic heterocycles. The highest BCUT2D eigenvalue weighted by molar-refractivity contribution is 6.05. The van der Waals surface area contributed by atoms with Gasteiger partial charge in [0, 0.05) is 28.6 Å². The number of benzene rings is 2. The smallest absolute Gasteiger partial charge is 0.336 e. The first-order valence-corrected chi connectivity index (χ1v) is 9.25. The van der Waals surface area contributed by atoms with Crippen molar-refractivity contribution in [1.29, 1.82) is 0 Å². The van der Waals surface area contributed by atoms with E-state index in [4.69, 9.17) is 18.6 Å². The summed E-state index contributed by atoms with van der Waals surface area (Å²) in [5.41, 5.74) is 2.02. The molecule has 0 bridgehead atoms. The number of Topliss-reactive ketones (excluding diaryl/α,β-unsaturated/α-hetero) is 1. The highest BCUT2D eigenvalue weighted by Gasteiger charge is 2.20. The Kier molecular flexibility index (Phi) is 4.91. The zero-order valence-corrected chi connectivity index (χ0v) is 16.7. The molecule has 0 radical (unpaired) electrons. The summed E-state index contributed by atoms with van der Waals surface area (Å²) < 4.78 is 21.5. The van der Waals surface area contributed by atoms with Crippen molar-refractivity contribution in [3.63, 3.8) is 0 Å². The van der Waals surface area contributed by atoms with Gasteiger partial charge in [-0.1, -0.05) is 0 Å². The Labute approximate surface area is 171 Å². The van der Waals surface area contributed by atoms with Crippen molar-refractivity contribution < 1.29 is 28.2 Å². The highest BCUT2D eigenvalue weighted by Crippen LogP contribution is 2.37. The van der Waals surface area contributed by atoms with E-state index < -0.39 is 11.5 Å². The van der Waals surface area contributed by atoms with E-state index in [1.807, 2.05) is 6.92 Å². The maximum atomic E-state index is 12.5. The largest absolute Gasteiger partial charge is 0.483 e. The molecule has 30 heavy (non-hydrogen) atoms. The highest BCUT2D eigenvalue weighted by atomic mass is 16.7. The van der Waals surface area contributed by atoms with E-state index >= 15 is 0 Å². The second kappa shape index (κ2) is 7.55. The van der Waals surface area contributed by atoms with Crippen LogP contribution in [0, 0.1) is 13.8 Å². The molecule has 1 N–H and O–H groups in total. The zero-order chi connectivity index (χ0) is 21.4. The molecule has 0 saturated heterocycles. The van der Waals surface area contributed by atoms with E-state index in [2.05, 4.69) is 5.32 Å². The van der Waals surface area contributed by atoms with E-state index in [9.17, 15) is 14.4 Å². The predicted molar refractivity (Wildman–Crippen MR) is 109 cm³/mol. The van der Waals surface area contributed by atoms with Gasteiger partial charge in [0.25, 0.3) is 5.91 Å². The van der Waals surface area contributed by atoms with Gasteiger partial charge in [-0.25, -0.2) is 4.79 Å². The molecule has 2 heterocycles. The topological polar surface area (TPSA) is 104 Å². The van der Waals surface area contributed by atoms with Crippen molar-refractivity contribution in [2.75, 3.05) is 18.7 Å². The molecule has 0 saturated carbocycles. The number of amides is 1. The number of fused-ring (bicyclic) bond motifs is 2. The molecular formula is C22H19NO7. The summed E-state index contributed by atoms with van der Waals surface area (Å²) in [5, 5.41) is 3.47. The molecular weight excluding hydrogens is 390 g/mol. The number of rotatable bonds is 5. The van der Waals surface area contributed by atoms with Crippen LogP contribution in [0.4, 0.5) is 5.69 Å². The molecule has 1 aliphatic heterocycles. The zero-order valence-electron chi connectivity index (χ0n) is 16.7. The minimum Gasteiger partial charge on any atom is -0.483 e. The van der Waals surface area contributed by atoms with Crippen molar-refractivity contribution in [1.82, 2.24) is 0 Å². The normalized spacial score (nSPS) is 12.1. The third-order valence-electron chi connectivity index (χ3n) is 4.84. The lowest BCUT2D eigenvalue weighted by Gasteiger charge is -2.13. The first kappa shape index (κ1) is 19.5. The maximum Gasteiger partial charge on any atom is 0.336 e. The van der Waals surface area contributed by atoms with Crippen LogP contribution < -0.4 is 25.2 Å². The van der Waals surface area contributed by atoms with E-state index in [1.165, 1.54) is 13.0 Å². The molecule has 0 fully saturated rings. The SMILES string of the molecule is CC(=O)c1cc2c(cc1NC(=O)COc1ccc3c(C)cc(=O)oc3c1C)OCO2. The van der Waals surface area contributed by atoms with Gasteiger partial charge in [-0.3, -0.25) is 9.59 Å². The van der Waals surface area contributed by atoms with Crippen molar-refractivity contribution in [3.8, 4) is 17.2 Å². The molecule has 1 aliphatic rings. The molecule has 4 rings (SSSR count). The maximum absolute atomic E-state index is 12.5.